The van der Waals surface area contributed by atoms with Crippen molar-refractivity contribution in [2.24, 2.45) is 0 Å². The van der Waals surface area contributed by atoms with Crippen LogP contribution in [0.25, 0.3) is 10.8 Å². The summed E-state index contributed by atoms with van der Waals surface area (Å²) in [6.45, 7) is 1.17. The number of rotatable bonds is 6. The molecule has 2 N–H and O–H groups in total. The number of sulfonamides is 1. The van der Waals surface area contributed by atoms with Crippen LogP contribution in [0.5, 0.6) is 0 Å². The summed E-state index contributed by atoms with van der Waals surface area (Å²) < 4.78 is 54.4. The maximum Gasteiger partial charge on any atom is 0.269 e. The molecule has 1 atom stereocenters. The standard InChI is InChI=1S/C20H17N3O7S2/c1-20(31(2,27)28,12-6-8-13(9-7-12)23(25)26)22-32(29,30)17-11-10-16-18-14(17)4-3-5-15(18)19(24)21-16/h3-11,22H,1-2H3,(H,21,24). The molecule has 0 aliphatic carbocycles. The lowest BCUT2D eigenvalue weighted by Gasteiger charge is -2.29. The van der Waals surface area contributed by atoms with E-state index in [2.05, 4.69) is 10.0 Å². The van der Waals surface area contributed by atoms with Gasteiger partial charge in [0.05, 0.1) is 9.82 Å². The van der Waals surface area contributed by atoms with Crippen LogP contribution in [-0.2, 0) is 24.7 Å². The quantitative estimate of drug-likeness (QED) is 0.410. The molecule has 10 nitrogen and oxygen atoms in total. The predicted octanol–water partition coefficient (Wildman–Crippen LogP) is 2.51. The average molecular weight is 476 g/mol. The number of nitro groups is 1. The van der Waals surface area contributed by atoms with Gasteiger partial charge < -0.3 is 5.32 Å². The Morgan fingerprint density at radius 2 is 1.66 bits per heavy atom. The van der Waals surface area contributed by atoms with Gasteiger partial charge >= 0.3 is 0 Å². The third-order valence-electron chi connectivity index (χ3n) is 5.48. The number of sulfone groups is 1. The van der Waals surface area contributed by atoms with Crippen molar-refractivity contribution in [3.8, 4) is 0 Å². The van der Waals surface area contributed by atoms with Crippen LogP contribution in [0.15, 0.2) is 59.5 Å². The Kier molecular flexibility index (Phi) is 4.84. The predicted molar refractivity (Wildman–Crippen MR) is 118 cm³/mol. The first-order valence-corrected chi connectivity index (χ1v) is 12.6. The first-order valence-electron chi connectivity index (χ1n) is 9.21. The van der Waals surface area contributed by atoms with Crippen LogP contribution in [0.4, 0.5) is 11.4 Å². The van der Waals surface area contributed by atoms with Crippen LogP contribution in [0.2, 0.25) is 0 Å². The van der Waals surface area contributed by atoms with E-state index in [1.54, 1.807) is 6.07 Å². The molecule has 1 aliphatic rings. The molecule has 0 fully saturated rings. The summed E-state index contributed by atoms with van der Waals surface area (Å²) in [7, 11) is -8.51. The number of hydrogen-bond donors (Lipinski definition) is 2. The maximum absolute atomic E-state index is 13.4. The first kappa shape index (κ1) is 21.9. The molecule has 1 unspecified atom stereocenters. The van der Waals surface area contributed by atoms with E-state index in [1.165, 1.54) is 43.3 Å². The summed E-state index contributed by atoms with van der Waals surface area (Å²) in [6.07, 6.45) is 0.868. The first-order chi connectivity index (χ1) is 14.8. The average Bonchev–Trinajstić information content (AvgIpc) is 3.04. The molecule has 3 aromatic rings. The fourth-order valence-electron chi connectivity index (χ4n) is 3.66. The highest BCUT2D eigenvalue weighted by atomic mass is 32.2. The molecule has 0 spiro atoms. The lowest BCUT2D eigenvalue weighted by Crippen LogP contribution is -2.48. The van der Waals surface area contributed by atoms with Gasteiger partial charge in [-0.1, -0.05) is 12.1 Å². The van der Waals surface area contributed by atoms with E-state index in [0.717, 1.165) is 18.4 Å². The minimum absolute atomic E-state index is 0.0111. The molecular weight excluding hydrogens is 458 g/mol. The van der Waals surface area contributed by atoms with Gasteiger partial charge in [-0.15, -0.1) is 0 Å². The Balaban J connectivity index is 1.86. The second kappa shape index (κ2) is 7.08. The number of amides is 1. The summed E-state index contributed by atoms with van der Waals surface area (Å²) >= 11 is 0. The van der Waals surface area contributed by atoms with Crippen LogP contribution in [-0.4, -0.2) is 33.9 Å². The van der Waals surface area contributed by atoms with Crippen molar-refractivity contribution in [1.82, 2.24) is 4.72 Å². The van der Waals surface area contributed by atoms with E-state index in [0.29, 0.717) is 16.6 Å². The zero-order chi connectivity index (χ0) is 23.5. The number of nitrogens with one attached hydrogen (secondary N) is 2. The molecule has 1 aliphatic heterocycles. The van der Waals surface area contributed by atoms with Crippen molar-refractivity contribution >= 4 is 47.9 Å². The van der Waals surface area contributed by atoms with Crippen molar-refractivity contribution in [2.45, 2.75) is 16.7 Å². The van der Waals surface area contributed by atoms with E-state index in [4.69, 9.17) is 0 Å². The van der Waals surface area contributed by atoms with Crippen molar-refractivity contribution in [1.29, 1.82) is 0 Å². The molecule has 0 bridgehead atoms. The number of carbonyl (C=O) groups excluding carboxylic acids is 1. The molecule has 4 rings (SSSR count). The summed E-state index contributed by atoms with van der Waals surface area (Å²) in [6, 6.07) is 11.9. The van der Waals surface area contributed by atoms with Crippen LogP contribution < -0.4 is 10.0 Å². The minimum atomic E-state index is -4.43. The van der Waals surface area contributed by atoms with Crippen LogP contribution >= 0.6 is 0 Å². The zero-order valence-corrected chi connectivity index (χ0v) is 18.5. The molecule has 0 saturated carbocycles. The lowest BCUT2D eigenvalue weighted by molar-refractivity contribution is -0.384. The molecular formula is C20H17N3O7S2. The summed E-state index contributed by atoms with van der Waals surface area (Å²) in [5, 5.41) is 14.3. The third kappa shape index (κ3) is 3.32. The largest absolute Gasteiger partial charge is 0.321 e. The number of nitrogens with zero attached hydrogens (tertiary/aromatic N) is 1. The highest BCUT2D eigenvalue weighted by Crippen LogP contribution is 2.38. The maximum atomic E-state index is 13.4. The number of anilines is 1. The van der Waals surface area contributed by atoms with Crippen molar-refractivity contribution in [3.63, 3.8) is 0 Å². The molecule has 32 heavy (non-hydrogen) atoms. The monoisotopic (exact) mass is 475 g/mol. The highest BCUT2D eigenvalue weighted by molar-refractivity contribution is 7.94. The van der Waals surface area contributed by atoms with Crippen LogP contribution in [0.3, 0.4) is 0 Å². The molecule has 166 valence electrons. The Morgan fingerprint density at radius 3 is 2.25 bits per heavy atom. The van der Waals surface area contributed by atoms with E-state index < -0.39 is 29.7 Å². The Morgan fingerprint density at radius 1 is 1.00 bits per heavy atom. The summed E-state index contributed by atoms with van der Waals surface area (Å²) in [4.78, 5) is 20.1. The normalized spacial score (nSPS) is 15.4. The Labute approximate surface area is 183 Å². The highest BCUT2D eigenvalue weighted by Gasteiger charge is 2.42. The van der Waals surface area contributed by atoms with Crippen molar-refractivity contribution in [3.05, 3.63) is 75.8 Å². The van der Waals surface area contributed by atoms with Crippen molar-refractivity contribution < 1.29 is 26.6 Å². The summed E-state index contributed by atoms with van der Waals surface area (Å²) in [5.41, 5.74) is 0.519. The number of hydrogen-bond acceptors (Lipinski definition) is 7. The van der Waals surface area contributed by atoms with Crippen molar-refractivity contribution in [2.75, 3.05) is 11.6 Å². The van der Waals surface area contributed by atoms with Gasteiger partial charge in [0, 0.05) is 40.4 Å². The SMILES string of the molecule is CC(NS(=O)(=O)c1ccc2c3c(cccc13)C(=O)N2)(c1ccc([N+](=O)[O-])cc1)S(C)(=O)=O. The van der Waals surface area contributed by atoms with Gasteiger partial charge in [0.15, 0.2) is 14.7 Å². The smallest absolute Gasteiger partial charge is 0.269 e. The molecule has 12 heteroatoms. The summed E-state index contributed by atoms with van der Waals surface area (Å²) in [5.74, 6) is -0.361. The molecule has 0 radical (unpaired) electrons. The second-order valence-corrected chi connectivity index (χ2v) is 11.5. The number of carbonyl (C=O) groups is 1. The number of benzene rings is 3. The van der Waals surface area contributed by atoms with E-state index in [1.807, 2.05) is 0 Å². The van der Waals surface area contributed by atoms with Gasteiger partial charge in [0.1, 0.15) is 0 Å². The van der Waals surface area contributed by atoms with Gasteiger partial charge in [0.2, 0.25) is 10.0 Å². The zero-order valence-electron chi connectivity index (χ0n) is 16.8. The molecule has 1 heterocycles. The van der Waals surface area contributed by atoms with Gasteiger partial charge in [0.25, 0.3) is 11.6 Å². The van der Waals surface area contributed by atoms with Gasteiger partial charge in [-0.25, -0.2) is 16.8 Å². The van der Waals surface area contributed by atoms with Gasteiger partial charge in [-0.05, 0) is 42.8 Å². The second-order valence-electron chi connectivity index (χ2n) is 7.51. The number of nitro benzene ring substituents is 1. The molecule has 3 aromatic carbocycles. The van der Waals surface area contributed by atoms with Gasteiger partial charge in [-0.3, -0.25) is 14.9 Å². The van der Waals surface area contributed by atoms with E-state index in [-0.39, 0.29) is 27.4 Å². The van der Waals surface area contributed by atoms with E-state index in [9.17, 15) is 31.7 Å². The fraction of sp³-hybridized carbons (Fsp3) is 0.150. The van der Waals surface area contributed by atoms with Crippen LogP contribution in [0, 0.1) is 10.1 Å². The lowest BCUT2D eigenvalue weighted by atomic mass is 10.1. The van der Waals surface area contributed by atoms with E-state index >= 15 is 0 Å². The molecule has 0 aromatic heterocycles. The third-order valence-corrected chi connectivity index (χ3v) is 9.04. The number of non-ortho nitro benzene ring substituents is 1. The Bertz CT molecular complexity index is 1510. The molecule has 1 amide bonds. The van der Waals surface area contributed by atoms with Crippen LogP contribution in [0.1, 0.15) is 22.8 Å². The fourth-order valence-corrected chi connectivity index (χ4v) is 6.60. The minimum Gasteiger partial charge on any atom is -0.321 e. The van der Waals surface area contributed by atoms with Gasteiger partial charge in [-0.2, -0.15) is 4.72 Å². The molecule has 0 saturated heterocycles. The topological polar surface area (TPSA) is 153 Å². The Hall–Kier alpha value is -3.35.